The highest BCUT2D eigenvalue weighted by molar-refractivity contribution is 9.10. The highest BCUT2D eigenvalue weighted by Gasteiger charge is 2.59. The van der Waals surface area contributed by atoms with Gasteiger partial charge in [0.1, 0.15) is 5.69 Å². The number of aromatic nitrogens is 1. The molecular weight excluding hydrogens is 432 g/mol. The first kappa shape index (κ1) is 19.2. The van der Waals surface area contributed by atoms with Gasteiger partial charge in [-0.2, -0.15) is 0 Å². The molecule has 0 aliphatic heterocycles. The molecule has 6 heteroatoms. The van der Waals surface area contributed by atoms with Crippen LogP contribution in [0.5, 0.6) is 0 Å². The maximum Gasteiger partial charge on any atom is 0.356 e. The molecule has 4 saturated carbocycles. The molecule has 2 aromatic rings. The number of anilines is 1. The lowest BCUT2D eigenvalue weighted by molar-refractivity contribution is -0.138. The fourth-order valence-electron chi connectivity index (χ4n) is 6.45. The second-order valence-corrected chi connectivity index (χ2v) is 11.2. The monoisotopic (exact) mass is 458 g/mol. The number of ether oxygens (including phenoxy) is 1. The largest absolute Gasteiger partial charge is 0.461 e. The SMILES string of the molecule is CCOC(=O)c1[nH]c2ccc(C)cc2c1NC(=O)C12C[C@H]3C[C@@H](CC(Br)(C3)C1)C2. The smallest absolute Gasteiger partial charge is 0.356 e. The average molecular weight is 459 g/mol. The van der Waals surface area contributed by atoms with Gasteiger partial charge in [-0.25, -0.2) is 4.79 Å². The molecule has 2 atom stereocenters. The zero-order valence-corrected chi connectivity index (χ0v) is 18.5. The Bertz CT molecular complexity index is 997. The van der Waals surface area contributed by atoms with Gasteiger partial charge in [0.2, 0.25) is 5.91 Å². The Morgan fingerprint density at radius 2 is 1.97 bits per heavy atom. The number of nitrogens with one attached hydrogen (secondary N) is 2. The molecule has 154 valence electrons. The molecule has 0 unspecified atom stereocenters. The first-order valence-electron chi connectivity index (χ1n) is 10.6. The number of aryl methyl sites for hydroxylation is 1. The standard InChI is InChI=1S/C23H27BrN2O3/c1-3-29-20(27)19-18(16-6-13(2)4-5-17(16)25-19)26-21(28)22-8-14-7-15(9-22)11-23(24,10-14)12-22/h4-6,14-15,25H,3,7-12H2,1-2H3,(H,26,28)/t14-,15-,22?,23?/m1/s1. The third-order valence-electron chi connectivity index (χ3n) is 7.14. The molecule has 5 nitrogen and oxygen atoms in total. The molecular formula is C23H27BrN2O3. The average Bonchev–Trinajstić information content (AvgIpc) is 2.98. The van der Waals surface area contributed by atoms with E-state index in [9.17, 15) is 9.59 Å². The van der Waals surface area contributed by atoms with Crippen LogP contribution in [0.25, 0.3) is 10.9 Å². The van der Waals surface area contributed by atoms with Gasteiger partial charge in [-0.3, -0.25) is 4.79 Å². The summed E-state index contributed by atoms with van der Waals surface area (Å²) in [4.78, 5) is 29.4. The van der Waals surface area contributed by atoms with Crippen molar-refractivity contribution in [3.63, 3.8) is 0 Å². The quantitative estimate of drug-likeness (QED) is 0.480. The van der Waals surface area contributed by atoms with Crippen LogP contribution in [0.3, 0.4) is 0 Å². The highest BCUT2D eigenvalue weighted by atomic mass is 79.9. The first-order chi connectivity index (χ1) is 13.8. The van der Waals surface area contributed by atoms with E-state index in [2.05, 4.69) is 26.2 Å². The van der Waals surface area contributed by atoms with Crippen molar-refractivity contribution in [3.05, 3.63) is 29.5 Å². The molecule has 0 spiro atoms. The molecule has 0 saturated heterocycles. The molecule has 1 aromatic heterocycles. The summed E-state index contributed by atoms with van der Waals surface area (Å²) in [6, 6.07) is 5.95. The van der Waals surface area contributed by atoms with E-state index in [-0.39, 0.29) is 15.6 Å². The maximum absolute atomic E-state index is 13.7. The molecule has 4 fully saturated rings. The van der Waals surface area contributed by atoms with Crippen molar-refractivity contribution in [3.8, 4) is 0 Å². The Kier molecular flexibility index (Phi) is 4.36. The number of fused-ring (bicyclic) bond motifs is 1. The number of amides is 1. The lowest BCUT2D eigenvalue weighted by atomic mass is 9.49. The van der Waals surface area contributed by atoms with Crippen molar-refractivity contribution in [1.82, 2.24) is 4.98 Å². The van der Waals surface area contributed by atoms with Crippen LogP contribution in [0.2, 0.25) is 0 Å². The van der Waals surface area contributed by atoms with Crippen LogP contribution in [-0.2, 0) is 9.53 Å². The van der Waals surface area contributed by atoms with Gasteiger partial charge in [-0.1, -0.05) is 27.6 Å². The fourth-order valence-corrected chi connectivity index (χ4v) is 7.91. The molecule has 1 amide bonds. The van der Waals surface area contributed by atoms with Gasteiger partial charge in [-0.15, -0.1) is 0 Å². The molecule has 0 radical (unpaired) electrons. The van der Waals surface area contributed by atoms with Crippen LogP contribution in [-0.4, -0.2) is 27.8 Å². The van der Waals surface area contributed by atoms with Gasteiger partial charge >= 0.3 is 5.97 Å². The molecule has 4 bridgehead atoms. The Balaban J connectivity index is 1.53. The minimum absolute atomic E-state index is 0.0587. The number of esters is 1. The number of halogens is 1. The van der Waals surface area contributed by atoms with E-state index in [0.717, 1.165) is 35.7 Å². The lowest BCUT2D eigenvalue weighted by Gasteiger charge is -2.59. The van der Waals surface area contributed by atoms with E-state index in [1.54, 1.807) is 6.92 Å². The molecule has 1 aromatic carbocycles. The van der Waals surface area contributed by atoms with Gasteiger partial charge < -0.3 is 15.0 Å². The van der Waals surface area contributed by atoms with Crippen LogP contribution < -0.4 is 5.32 Å². The summed E-state index contributed by atoms with van der Waals surface area (Å²) >= 11 is 3.99. The van der Waals surface area contributed by atoms with Gasteiger partial charge in [0.05, 0.1) is 17.7 Å². The van der Waals surface area contributed by atoms with E-state index in [0.29, 0.717) is 29.8 Å². The molecule has 29 heavy (non-hydrogen) atoms. The van der Waals surface area contributed by atoms with Crippen molar-refractivity contribution in [1.29, 1.82) is 0 Å². The third-order valence-corrected chi connectivity index (χ3v) is 8.07. The van der Waals surface area contributed by atoms with Gasteiger partial charge in [0.15, 0.2) is 0 Å². The maximum atomic E-state index is 13.7. The van der Waals surface area contributed by atoms with Gasteiger partial charge in [-0.05, 0) is 76.3 Å². The van der Waals surface area contributed by atoms with Crippen LogP contribution in [0.4, 0.5) is 5.69 Å². The predicted octanol–water partition coefficient (Wildman–Crippen LogP) is 5.33. The number of aromatic amines is 1. The zero-order chi connectivity index (χ0) is 20.4. The van der Waals surface area contributed by atoms with Crippen molar-refractivity contribution >= 4 is 44.4 Å². The van der Waals surface area contributed by atoms with Crippen molar-refractivity contribution < 1.29 is 14.3 Å². The number of H-pyrrole nitrogens is 1. The van der Waals surface area contributed by atoms with Crippen LogP contribution >= 0.6 is 15.9 Å². The number of carbonyl (C=O) groups is 2. The summed E-state index contributed by atoms with van der Waals surface area (Å²) in [5.41, 5.74) is 2.46. The first-order valence-corrected chi connectivity index (χ1v) is 11.4. The Hall–Kier alpha value is -1.82. The van der Waals surface area contributed by atoms with E-state index in [4.69, 9.17) is 4.74 Å². The van der Waals surface area contributed by atoms with E-state index < -0.39 is 5.97 Å². The second kappa shape index (κ2) is 6.59. The summed E-state index contributed by atoms with van der Waals surface area (Å²) in [5, 5.41) is 4.04. The highest BCUT2D eigenvalue weighted by Crippen LogP contribution is 2.64. The summed E-state index contributed by atoms with van der Waals surface area (Å²) in [6.07, 6.45) is 6.41. The minimum Gasteiger partial charge on any atom is -0.461 e. The van der Waals surface area contributed by atoms with Crippen LogP contribution in [0.15, 0.2) is 18.2 Å². The van der Waals surface area contributed by atoms with E-state index in [1.165, 1.54) is 19.3 Å². The summed E-state index contributed by atoms with van der Waals surface area (Å²) in [7, 11) is 0. The predicted molar refractivity (Wildman–Crippen MR) is 116 cm³/mol. The molecule has 2 N–H and O–H groups in total. The second-order valence-electron chi connectivity index (χ2n) is 9.49. The number of rotatable bonds is 4. The minimum atomic E-state index is -0.431. The fraction of sp³-hybridized carbons (Fsp3) is 0.565. The summed E-state index contributed by atoms with van der Waals surface area (Å²) < 4.78 is 5.35. The normalized spacial score (nSPS) is 32.5. The summed E-state index contributed by atoms with van der Waals surface area (Å²) in [5.74, 6) is 0.870. The van der Waals surface area contributed by atoms with E-state index in [1.807, 2.05) is 25.1 Å². The third kappa shape index (κ3) is 3.11. The summed E-state index contributed by atoms with van der Waals surface area (Å²) in [6.45, 7) is 4.09. The Morgan fingerprint density at radius 3 is 2.62 bits per heavy atom. The number of benzene rings is 1. The zero-order valence-electron chi connectivity index (χ0n) is 16.9. The number of carbonyl (C=O) groups excluding carboxylic acids is 2. The molecule has 1 heterocycles. The Morgan fingerprint density at radius 1 is 1.24 bits per heavy atom. The van der Waals surface area contributed by atoms with Gasteiger partial charge in [0, 0.05) is 15.2 Å². The van der Waals surface area contributed by atoms with Gasteiger partial charge in [0.25, 0.3) is 0 Å². The van der Waals surface area contributed by atoms with Crippen LogP contribution in [0.1, 0.15) is 61.5 Å². The van der Waals surface area contributed by atoms with Crippen molar-refractivity contribution in [2.45, 2.75) is 56.7 Å². The number of hydrogen-bond donors (Lipinski definition) is 2. The van der Waals surface area contributed by atoms with Crippen molar-refractivity contribution in [2.24, 2.45) is 17.3 Å². The Labute approximate surface area is 179 Å². The molecule has 4 aliphatic carbocycles. The van der Waals surface area contributed by atoms with E-state index >= 15 is 0 Å². The number of hydrogen-bond acceptors (Lipinski definition) is 3. The van der Waals surface area contributed by atoms with Crippen molar-refractivity contribution in [2.75, 3.05) is 11.9 Å². The lowest BCUT2D eigenvalue weighted by Crippen LogP contribution is -2.57. The topological polar surface area (TPSA) is 71.2 Å². The molecule has 6 rings (SSSR count). The number of alkyl halides is 1. The van der Waals surface area contributed by atoms with Crippen LogP contribution in [0, 0.1) is 24.2 Å². The molecule has 4 aliphatic rings.